The molecule has 0 amide bonds. The molecule has 0 unspecified atom stereocenters. The van der Waals surface area contributed by atoms with E-state index in [-0.39, 0.29) is 12.1 Å². The van der Waals surface area contributed by atoms with Crippen LogP contribution in [-0.2, 0) is 16.6 Å². The summed E-state index contributed by atoms with van der Waals surface area (Å²) in [5, 5.41) is 12.1. The molecule has 2 atom stereocenters. The molecule has 0 spiro atoms. The summed E-state index contributed by atoms with van der Waals surface area (Å²) >= 11 is 0. The molecule has 1 fully saturated rings. The lowest BCUT2D eigenvalue weighted by Gasteiger charge is -2.37. The number of piperidine rings is 1. The molecule has 5 nitrogen and oxygen atoms in total. The lowest BCUT2D eigenvalue weighted by atomic mass is 10.0. The van der Waals surface area contributed by atoms with Gasteiger partial charge < -0.3 is 5.32 Å². The second-order valence-corrected chi connectivity index (χ2v) is 8.99. The minimum atomic E-state index is -3.48. The SMILES string of the molecule is C[C@H]1CCC[C@H](C)N1S(=O)(=O)c1ccc(NCc2ccc(C#N)cc2)cc1. The van der Waals surface area contributed by atoms with Crippen LogP contribution in [0.15, 0.2) is 53.4 Å². The highest BCUT2D eigenvalue weighted by molar-refractivity contribution is 7.89. The third-order valence-electron chi connectivity index (χ3n) is 5.12. The smallest absolute Gasteiger partial charge is 0.243 e. The van der Waals surface area contributed by atoms with Crippen LogP contribution in [-0.4, -0.2) is 24.8 Å². The molecule has 1 heterocycles. The molecule has 1 aliphatic rings. The van der Waals surface area contributed by atoms with Crippen LogP contribution in [0.1, 0.15) is 44.2 Å². The molecular formula is C21H25N3O2S. The van der Waals surface area contributed by atoms with E-state index in [1.165, 1.54) is 0 Å². The van der Waals surface area contributed by atoms with Crippen LogP contribution in [0.3, 0.4) is 0 Å². The van der Waals surface area contributed by atoms with Gasteiger partial charge in [-0.05, 0) is 68.7 Å². The second-order valence-electron chi connectivity index (χ2n) is 7.15. The first-order valence-corrected chi connectivity index (χ1v) is 10.7. The van der Waals surface area contributed by atoms with Gasteiger partial charge in [-0.25, -0.2) is 8.42 Å². The maximum absolute atomic E-state index is 13.0. The number of nitriles is 1. The molecule has 142 valence electrons. The predicted molar refractivity (Wildman–Crippen MR) is 107 cm³/mol. The van der Waals surface area contributed by atoms with Crippen molar-refractivity contribution in [3.8, 4) is 6.07 Å². The van der Waals surface area contributed by atoms with Gasteiger partial charge in [0.25, 0.3) is 0 Å². The minimum Gasteiger partial charge on any atom is -0.381 e. The quantitative estimate of drug-likeness (QED) is 0.843. The first-order chi connectivity index (χ1) is 12.9. The molecule has 2 aromatic carbocycles. The van der Waals surface area contributed by atoms with E-state index >= 15 is 0 Å². The van der Waals surface area contributed by atoms with Crippen LogP contribution in [0, 0.1) is 11.3 Å². The van der Waals surface area contributed by atoms with Crippen molar-refractivity contribution in [2.45, 2.75) is 56.6 Å². The van der Waals surface area contributed by atoms with Gasteiger partial charge in [0.1, 0.15) is 0 Å². The monoisotopic (exact) mass is 383 g/mol. The van der Waals surface area contributed by atoms with E-state index in [2.05, 4.69) is 11.4 Å². The Hall–Kier alpha value is -2.36. The lowest BCUT2D eigenvalue weighted by Crippen LogP contribution is -2.47. The Balaban J connectivity index is 1.69. The van der Waals surface area contributed by atoms with Crippen molar-refractivity contribution in [3.05, 3.63) is 59.7 Å². The molecule has 0 bridgehead atoms. The highest BCUT2D eigenvalue weighted by Crippen LogP contribution is 2.30. The standard InChI is InChI=1S/C21H25N3O2S/c1-16-4-3-5-17(2)24(16)27(25,26)21-12-10-20(11-13-21)23-15-19-8-6-18(14-22)7-9-19/h6-13,16-17,23H,3-5,15H2,1-2H3/t16-,17-/m0/s1. The minimum absolute atomic E-state index is 0.0351. The molecule has 2 aromatic rings. The van der Waals surface area contributed by atoms with Crippen molar-refractivity contribution in [3.63, 3.8) is 0 Å². The molecule has 0 saturated carbocycles. The van der Waals surface area contributed by atoms with Gasteiger partial charge in [-0.1, -0.05) is 18.6 Å². The first kappa shape index (κ1) is 19.4. The Kier molecular flexibility index (Phi) is 5.83. The van der Waals surface area contributed by atoms with Crippen molar-refractivity contribution in [1.29, 1.82) is 5.26 Å². The molecule has 0 aromatic heterocycles. The van der Waals surface area contributed by atoms with Crippen molar-refractivity contribution < 1.29 is 8.42 Å². The van der Waals surface area contributed by atoms with E-state index in [4.69, 9.17) is 5.26 Å². The fraction of sp³-hybridized carbons (Fsp3) is 0.381. The second kappa shape index (κ2) is 8.12. The Morgan fingerprint density at radius 3 is 2.19 bits per heavy atom. The van der Waals surface area contributed by atoms with E-state index < -0.39 is 10.0 Å². The zero-order chi connectivity index (χ0) is 19.4. The molecule has 1 aliphatic heterocycles. The number of rotatable bonds is 5. The summed E-state index contributed by atoms with van der Waals surface area (Å²) < 4.78 is 27.7. The number of nitrogens with one attached hydrogen (secondary N) is 1. The summed E-state index contributed by atoms with van der Waals surface area (Å²) in [4.78, 5) is 0.340. The third-order valence-corrected chi connectivity index (χ3v) is 7.26. The largest absolute Gasteiger partial charge is 0.381 e. The maximum Gasteiger partial charge on any atom is 0.243 e. The summed E-state index contributed by atoms with van der Waals surface area (Å²) in [6.07, 6.45) is 2.90. The number of hydrogen-bond donors (Lipinski definition) is 1. The van der Waals surface area contributed by atoms with Gasteiger partial charge in [0.05, 0.1) is 16.5 Å². The summed E-state index contributed by atoms with van der Waals surface area (Å²) in [6.45, 7) is 4.58. The third kappa shape index (κ3) is 4.32. The van der Waals surface area contributed by atoms with E-state index in [1.807, 2.05) is 26.0 Å². The number of hydrogen-bond acceptors (Lipinski definition) is 4. The van der Waals surface area contributed by atoms with Gasteiger partial charge in [0.2, 0.25) is 10.0 Å². The number of anilines is 1. The van der Waals surface area contributed by atoms with Gasteiger partial charge >= 0.3 is 0 Å². The van der Waals surface area contributed by atoms with E-state index in [0.717, 1.165) is 30.5 Å². The zero-order valence-electron chi connectivity index (χ0n) is 15.7. The Labute approximate surface area is 161 Å². The van der Waals surface area contributed by atoms with Gasteiger partial charge in [0.15, 0.2) is 0 Å². The maximum atomic E-state index is 13.0. The average Bonchev–Trinajstić information content (AvgIpc) is 2.67. The van der Waals surface area contributed by atoms with Crippen LogP contribution in [0.25, 0.3) is 0 Å². The number of benzene rings is 2. The van der Waals surface area contributed by atoms with Crippen molar-refractivity contribution >= 4 is 15.7 Å². The molecule has 1 N–H and O–H groups in total. The fourth-order valence-electron chi connectivity index (χ4n) is 3.64. The van der Waals surface area contributed by atoms with E-state index in [0.29, 0.717) is 17.0 Å². The Morgan fingerprint density at radius 1 is 1.04 bits per heavy atom. The summed E-state index contributed by atoms with van der Waals surface area (Å²) in [5.74, 6) is 0. The molecule has 27 heavy (non-hydrogen) atoms. The summed E-state index contributed by atoms with van der Waals surface area (Å²) in [6, 6.07) is 16.5. The van der Waals surface area contributed by atoms with Gasteiger partial charge in [-0.15, -0.1) is 0 Å². The molecule has 1 saturated heterocycles. The fourth-order valence-corrected chi connectivity index (χ4v) is 5.52. The van der Waals surface area contributed by atoms with Crippen LogP contribution in [0.5, 0.6) is 0 Å². The topological polar surface area (TPSA) is 73.2 Å². The van der Waals surface area contributed by atoms with Gasteiger partial charge in [-0.2, -0.15) is 9.57 Å². The van der Waals surface area contributed by atoms with Crippen molar-refractivity contribution in [2.75, 3.05) is 5.32 Å². The zero-order valence-corrected chi connectivity index (χ0v) is 16.5. The Bertz CT molecular complexity index is 905. The van der Waals surface area contributed by atoms with Crippen LogP contribution >= 0.6 is 0 Å². The number of sulfonamides is 1. The van der Waals surface area contributed by atoms with Crippen LogP contribution < -0.4 is 5.32 Å². The predicted octanol–water partition coefficient (Wildman–Crippen LogP) is 4.12. The van der Waals surface area contributed by atoms with E-state index in [1.54, 1.807) is 40.7 Å². The first-order valence-electron chi connectivity index (χ1n) is 9.28. The summed E-state index contributed by atoms with van der Waals surface area (Å²) in [5.41, 5.74) is 2.55. The number of nitrogens with zero attached hydrogens (tertiary/aromatic N) is 2. The molecule has 0 aliphatic carbocycles. The lowest BCUT2D eigenvalue weighted by molar-refractivity contribution is 0.204. The van der Waals surface area contributed by atoms with Gasteiger partial charge in [0, 0.05) is 24.3 Å². The Morgan fingerprint density at radius 2 is 1.63 bits per heavy atom. The molecular weight excluding hydrogens is 358 g/mol. The molecule has 6 heteroatoms. The highest BCUT2D eigenvalue weighted by Gasteiger charge is 2.35. The van der Waals surface area contributed by atoms with E-state index in [9.17, 15) is 8.42 Å². The molecule has 0 radical (unpaired) electrons. The molecule has 3 rings (SSSR count). The van der Waals surface area contributed by atoms with Gasteiger partial charge in [-0.3, -0.25) is 0 Å². The average molecular weight is 384 g/mol. The van der Waals surface area contributed by atoms with Crippen LogP contribution in [0.4, 0.5) is 5.69 Å². The normalized spacial score (nSPS) is 20.8. The highest BCUT2D eigenvalue weighted by atomic mass is 32.2. The van der Waals surface area contributed by atoms with Crippen molar-refractivity contribution in [1.82, 2.24) is 4.31 Å². The van der Waals surface area contributed by atoms with Crippen LogP contribution in [0.2, 0.25) is 0 Å². The summed E-state index contributed by atoms with van der Waals surface area (Å²) in [7, 11) is -3.48. The van der Waals surface area contributed by atoms with Crippen molar-refractivity contribution in [2.24, 2.45) is 0 Å².